The largest absolute Gasteiger partial charge is 0.438 e. The molecule has 0 aromatic heterocycles. The number of carbonyl (C=O) groups is 1. The Morgan fingerprint density at radius 1 is 1.33 bits per heavy atom. The predicted octanol–water partition coefficient (Wildman–Crippen LogP) is -2.16. The highest BCUT2D eigenvalue weighted by Crippen LogP contribution is 1.97. The second-order valence-corrected chi connectivity index (χ2v) is 6.17. The van der Waals surface area contributed by atoms with Crippen molar-refractivity contribution in [3.05, 3.63) is 0 Å². The van der Waals surface area contributed by atoms with Gasteiger partial charge in [-0.05, 0) is 0 Å². The summed E-state index contributed by atoms with van der Waals surface area (Å²) in [5.74, 6) is -1.17. The quantitative estimate of drug-likeness (QED) is 0.339. The van der Waals surface area contributed by atoms with Crippen LogP contribution in [0.25, 0.3) is 0 Å². The average molecular weight is 280 g/mol. The summed E-state index contributed by atoms with van der Waals surface area (Å²) in [6.07, 6.45) is 0. The molecule has 0 fully saturated rings. The normalized spacial score (nSPS) is 12.0. The van der Waals surface area contributed by atoms with E-state index in [4.69, 9.17) is 9.35 Å². The lowest BCUT2D eigenvalue weighted by molar-refractivity contribution is -0.131. The van der Waals surface area contributed by atoms with Gasteiger partial charge < -0.3 is 8.98 Å². The number of hydrogen-bond acceptors (Lipinski definition) is 7. The van der Waals surface area contributed by atoms with Crippen LogP contribution in [-0.4, -0.2) is 47.0 Å². The van der Waals surface area contributed by atoms with E-state index >= 15 is 0 Å². The van der Waals surface area contributed by atoms with Crippen LogP contribution in [0, 0.1) is 0 Å². The van der Waals surface area contributed by atoms with Gasteiger partial charge in [0.25, 0.3) is 10.1 Å². The second kappa shape index (κ2) is 6.89. The van der Waals surface area contributed by atoms with E-state index in [1.165, 1.54) is 0 Å². The van der Waals surface area contributed by atoms with Crippen LogP contribution in [0.1, 0.15) is 6.92 Å². The summed E-state index contributed by atoms with van der Waals surface area (Å²) in [7, 11) is -9.80. The average Bonchev–Trinajstić information content (AvgIpc) is 1.76. The highest BCUT2D eigenvalue weighted by atomic mass is 32.3. The van der Waals surface area contributed by atoms with Crippen LogP contribution in [0.5, 0.6) is 0 Å². The fourth-order valence-electron chi connectivity index (χ4n) is 0.385. The van der Waals surface area contributed by atoms with Gasteiger partial charge >= 0.3 is 16.1 Å². The topological polar surface area (TPSA) is 135 Å². The minimum atomic E-state index is -4.69. The predicted molar refractivity (Wildman–Crippen MR) is 53.7 cm³/mol. The number of rotatable bonds is 3. The molecule has 0 aliphatic heterocycles. The van der Waals surface area contributed by atoms with Gasteiger partial charge in [-0.15, -0.1) is 0 Å². The summed E-state index contributed by atoms with van der Waals surface area (Å²) in [4.78, 5) is 17.8. The van der Waals surface area contributed by atoms with Gasteiger partial charge in [0.15, 0.2) is 9.76 Å². The SMILES string of the molecule is CC(=O)OS(=O)(=O)CS(=O)(=O)O.C[SiH2]O. The van der Waals surface area contributed by atoms with E-state index < -0.39 is 41.1 Å². The van der Waals surface area contributed by atoms with E-state index in [0.717, 1.165) is 6.92 Å². The maximum absolute atomic E-state index is 10.5. The molecule has 8 nitrogen and oxygen atoms in total. The van der Waals surface area contributed by atoms with Crippen molar-refractivity contribution in [1.82, 2.24) is 0 Å². The molecule has 0 atom stereocenters. The maximum Gasteiger partial charge on any atom is 0.328 e. The third-order valence-corrected chi connectivity index (χ3v) is 3.37. The molecule has 0 rings (SSSR count). The minimum Gasteiger partial charge on any atom is -0.438 e. The van der Waals surface area contributed by atoms with Crippen molar-refractivity contribution >= 4 is 36.0 Å². The lowest BCUT2D eigenvalue weighted by Gasteiger charge is -1.99. The summed E-state index contributed by atoms with van der Waals surface area (Å²) >= 11 is 0. The first-order valence-corrected chi connectivity index (χ1v) is 8.76. The molecule has 0 aromatic carbocycles. The highest BCUT2D eigenvalue weighted by molar-refractivity contribution is 8.03. The van der Waals surface area contributed by atoms with Gasteiger partial charge in [0.1, 0.15) is 0 Å². The lowest BCUT2D eigenvalue weighted by atomic mass is 10.9. The number of carbonyl (C=O) groups excluding carboxylic acids is 1. The summed E-state index contributed by atoms with van der Waals surface area (Å²) in [6, 6.07) is 0. The van der Waals surface area contributed by atoms with Crippen LogP contribution in [0.3, 0.4) is 0 Å². The van der Waals surface area contributed by atoms with Crippen molar-refractivity contribution in [2.75, 3.05) is 5.08 Å². The van der Waals surface area contributed by atoms with E-state index in [9.17, 15) is 21.6 Å². The van der Waals surface area contributed by atoms with Gasteiger partial charge in [-0.3, -0.25) is 9.35 Å². The molecule has 0 saturated heterocycles. The summed E-state index contributed by atoms with van der Waals surface area (Å²) < 4.78 is 52.7. The molecule has 0 aromatic rings. The highest BCUT2D eigenvalue weighted by Gasteiger charge is 2.22. The fraction of sp³-hybridized carbons (Fsp3) is 0.750. The third-order valence-electron chi connectivity index (χ3n) is 0.538. The molecule has 0 bridgehead atoms. The van der Waals surface area contributed by atoms with Gasteiger partial charge in [0, 0.05) is 6.92 Å². The van der Waals surface area contributed by atoms with Gasteiger partial charge in [0.2, 0.25) is 5.08 Å². The Labute approximate surface area is 90.1 Å². The van der Waals surface area contributed by atoms with E-state index in [0.29, 0.717) is 0 Å². The Morgan fingerprint density at radius 3 is 1.87 bits per heavy atom. The standard InChI is InChI=1S/C3H6O7S2.CH6OSi/c1-3(4)10-12(8,9)2-11(5,6)7;1-3-2/h2H2,1H3,(H,5,6,7);2H,3H2,1H3. The van der Waals surface area contributed by atoms with Gasteiger partial charge in [0.05, 0.1) is 0 Å². The van der Waals surface area contributed by atoms with E-state index in [2.05, 4.69) is 4.18 Å². The lowest BCUT2D eigenvalue weighted by Crippen LogP contribution is -2.19. The molecule has 0 heterocycles. The summed E-state index contributed by atoms with van der Waals surface area (Å²) in [5.41, 5.74) is 0. The van der Waals surface area contributed by atoms with Gasteiger partial charge in [-0.25, -0.2) is 0 Å². The van der Waals surface area contributed by atoms with Crippen molar-refractivity contribution in [2.45, 2.75) is 13.5 Å². The van der Waals surface area contributed by atoms with E-state index in [1.54, 1.807) is 0 Å². The molecular formula is C4H12O8S2Si. The summed E-state index contributed by atoms with van der Waals surface area (Å²) in [5, 5.41) is -1.63. The molecule has 0 radical (unpaired) electrons. The fourth-order valence-corrected chi connectivity index (χ4v) is 2.39. The molecule has 0 unspecified atom stereocenters. The Hall–Kier alpha value is -0.493. The zero-order chi connectivity index (χ0) is 12.7. The zero-order valence-electron chi connectivity index (χ0n) is 8.07. The second-order valence-electron chi connectivity index (χ2n) is 2.15. The van der Waals surface area contributed by atoms with Crippen LogP contribution in [0.2, 0.25) is 6.55 Å². The molecule has 15 heavy (non-hydrogen) atoms. The first-order chi connectivity index (χ1) is 6.54. The molecule has 0 aliphatic carbocycles. The van der Waals surface area contributed by atoms with Gasteiger partial charge in [-0.2, -0.15) is 16.8 Å². The Morgan fingerprint density at radius 2 is 1.67 bits per heavy atom. The van der Waals surface area contributed by atoms with Crippen LogP contribution in [0.4, 0.5) is 0 Å². The van der Waals surface area contributed by atoms with E-state index in [-0.39, 0.29) is 0 Å². The Balaban J connectivity index is 0. The van der Waals surface area contributed by atoms with E-state index in [1.807, 2.05) is 6.55 Å². The first-order valence-electron chi connectivity index (χ1n) is 3.52. The molecule has 92 valence electrons. The molecule has 0 aliphatic rings. The Bertz CT molecular complexity index is 381. The monoisotopic (exact) mass is 280 g/mol. The van der Waals surface area contributed by atoms with Crippen molar-refractivity contribution in [2.24, 2.45) is 0 Å². The van der Waals surface area contributed by atoms with Crippen LogP contribution >= 0.6 is 0 Å². The van der Waals surface area contributed by atoms with Gasteiger partial charge in [-0.1, -0.05) is 6.55 Å². The van der Waals surface area contributed by atoms with Crippen LogP contribution in [0.15, 0.2) is 0 Å². The van der Waals surface area contributed by atoms with Crippen molar-refractivity contribution < 1.29 is 35.2 Å². The van der Waals surface area contributed by atoms with Crippen LogP contribution < -0.4 is 0 Å². The molecule has 0 spiro atoms. The van der Waals surface area contributed by atoms with Crippen molar-refractivity contribution in [3.8, 4) is 0 Å². The number of hydrogen-bond donors (Lipinski definition) is 2. The van der Waals surface area contributed by atoms with Crippen molar-refractivity contribution in [1.29, 1.82) is 0 Å². The molecule has 0 saturated carbocycles. The molecular weight excluding hydrogens is 268 g/mol. The first kappa shape index (κ1) is 16.9. The third kappa shape index (κ3) is 16.2. The van der Waals surface area contributed by atoms with Crippen molar-refractivity contribution in [3.63, 3.8) is 0 Å². The minimum absolute atomic E-state index is 0.583. The zero-order valence-corrected chi connectivity index (χ0v) is 11.1. The smallest absolute Gasteiger partial charge is 0.328 e. The molecule has 2 N–H and O–H groups in total. The van der Waals surface area contributed by atoms with Crippen LogP contribution in [-0.2, 0) is 29.2 Å². The Kier molecular flexibility index (Phi) is 7.78. The molecule has 11 heteroatoms. The maximum atomic E-state index is 10.5. The molecule has 0 amide bonds. The summed E-state index contributed by atoms with van der Waals surface area (Å²) in [6.45, 7) is 2.61.